The van der Waals surface area contributed by atoms with Gasteiger partial charge in [-0.1, -0.05) is 13.8 Å². The van der Waals surface area contributed by atoms with Gasteiger partial charge in [-0.2, -0.15) is 0 Å². The first-order chi connectivity index (χ1) is 9.45. The highest BCUT2D eigenvalue weighted by atomic mass is 32.2. The molecule has 0 amide bonds. The fourth-order valence-corrected chi connectivity index (χ4v) is 2.61. The van der Waals surface area contributed by atoms with Crippen LogP contribution in [0.3, 0.4) is 0 Å². The van der Waals surface area contributed by atoms with Gasteiger partial charge in [0, 0.05) is 19.2 Å². The highest BCUT2D eigenvalue weighted by molar-refractivity contribution is 7.89. The summed E-state index contributed by atoms with van der Waals surface area (Å²) in [5, 5.41) is 11.7. The van der Waals surface area contributed by atoms with Crippen LogP contribution < -0.4 is 10.0 Å². The van der Waals surface area contributed by atoms with Crippen LogP contribution in [0.2, 0.25) is 0 Å². The zero-order chi connectivity index (χ0) is 15.0. The minimum Gasteiger partial charge on any atom is -0.447 e. The molecular weight excluding hydrogens is 280 g/mol. The molecule has 0 aromatic carbocycles. The normalized spacial score (nSPS) is 12.2. The van der Waals surface area contributed by atoms with Gasteiger partial charge in [0.25, 0.3) is 10.0 Å². The molecule has 0 fully saturated rings. The van der Waals surface area contributed by atoms with Crippen molar-refractivity contribution >= 4 is 10.0 Å². The third kappa shape index (κ3) is 6.04. The summed E-state index contributed by atoms with van der Waals surface area (Å²) in [6, 6.07) is 3.44. The van der Waals surface area contributed by atoms with E-state index in [1.165, 1.54) is 6.07 Å². The van der Waals surface area contributed by atoms with Crippen LogP contribution in [0.5, 0.6) is 0 Å². The minimum atomic E-state index is -3.57. The zero-order valence-electron chi connectivity index (χ0n) is 12.1. The van der Waals surface area contributed by atoms with Crippen molar-refractivity contribution in [3.05, 3.63) is 17.9 Å². The minimum absolute atomic E-state index is 0.0554. The summed E-state index contributed by atoms with van der Waals surface area (Å²) in [4.78, 5) is 0. The van der Waals surface area contributed by atoms with Gasteiger partial charge in [0.15, 0.2) is 0 Å². The lowest BCUT2D eigenvalue weighted by atomic mass is 10.2. The van der Waals surface area contributed by atoms with E-state index in [1.54, 1.807) is 6.07 Å². The van der Waals surface area contributed by atoms with Crippen molar-refractivity contribution in [1.82, 2.24) is 10.0 Å². The smallest absolute Gasteiger partial charge is 0.273 e. The van der Waals surface area contributed by atoms with E-state index in [9.17, 15) is 8.42 Å². The molecule has 0 bridgehead atoms. The van der Waals surface area contributed by atoms with Gasteiger partial charge >= 0.3 is 0 Å². The number of hydrogen-bond donors (Lipinski definition) is 3. The molecule has 0 aliphatic rings. The molecular formula is C13H24N2O4S. The number of furan rings is 1. The Morgan fingerprint density at radius 2 is 2.00 bits per heavy atom. The predicted octanol–water partition coefficient (Wildman–Crippen LogP) is 1.22. The topological polar surface area (TPSA) is 91.6 Å². The fourth-order valence-electron chi connectivity index (χ4n) is 1.59. The van der Waals surface area contributed by atoms with Gasteiger partial charge in [-0.25, -0.2) is 13.1 Å². The molecule has 1 heterocycles. The van der Waals surface area contributed by atoms with Crippen molar-refractivity contribution in [2.75, 3.05) is 13.2 Å². The lowest BCUT2D eigenvalue weighted by molar-refractivity contribution is 0.283. The Bertz CT molecular complexity index is 482. The number of unbranched alkanes of at least 4 members (excludes halogenated alkanes) is 2. The molecule has 20 heavy (non-hydrogen) atoms. The second-order valence-corrected chi connectivity index (χ2v) is 6.64. The Kier molecular flexibility index (Phi) is 7.22. The van der Waals surface area contributed by atoms with Crippen LogP contribution >= 0.6 is 0 Å². The number of hydrogen-bond acceptors (Lipinski definition) is 5. The largest absolute Gasteiger partial charge is 0.447 e. The molecule has 1 aromatic rings. The molecule has 3 N–H and O–H groups in total. The lowest BCUT2D eigenvalue weighted by Gasteiger charge is -2.06. The van der Waals surface area contributed by atoms with E-state index in [1.807, 2.05) is 13.8 Å². The maximum absolute atomic E-state index is 11.9. The van der Waals surface area contributed by atoms with Gasteiger partial charge in [0.2, 0.25) is 5.09 Å². The molecule has 1 aromatic heterocycles. The van der Waals surface area contributed by atoms with Crippen LogP contribution in [0.25, 0.3) is 0 Å². The Morgan fingerprint density at radius 3 is 2.65 bits per heavy atom. The van der Waals surface area contributed by atoms with E-state index < -0.39 is 10.0 Å². The van der Waals surface area contributed by atoms with Crippen LogP contribution in [0.15, 0.2) is 21.6 Å². The second kappa shape index (κ2) is 8.41. The Morgan fingerprint density at radius 1 is 1.25 bits per heavy atom. The first-order valence-electron chi connectivity index (χ1n) is 6.88. The van der Waals surface area contributed by atoms with Crippen molar-refractivity contribution in [2.24, 2.45) is 0 Å². The third-order valence-electron chi connectivity index (χ3n) is 2.71. The van der Waals surface area contributed by atoms with Gasteiger partial charge in [-0.3, -0.25) is 0 Å². The summed E-state index contributed by atoms with van der Waals surface area (Å²) in [7, 11) is -3.57. The van der Waals surface area contributed by atoms with E-state index in [-0.39, 0.29) is 11.7 Å². The first kappa shape index (κ1) is 17.2. The highest BCUT2D eigenvalue weighted by Crippen LogP contribution is 2.13. The number of rotatable bonds is 10. The number of nitrogens with one attached hydrogen (secondary N) is 2. The van der Waals surface area contributed by atoms with Crippen LogP contribution in [0.4, 0.5) is 0 Å². The van der Waals surface area contributed by atoms with Crippen LogP contribution in [-0.4, -0.2) is 32.7 Å². The summed E-state index contributed by atoms with van der Waals surface area (Å²) >= 11 is 0. The Hall–Kier alpha value is -0.890. The number of aliphatic hydroxyl groups excluding tert-OH is 1. The van der Waals surface area contributed by atoms with Gasteiger partial charge in [-0.15, -0.1) is 0 Å². The monoisotopic (exact) mass is 304 g/mol. The molecule has 1 rings (SSSR count). The third-order valence-corrected chi connectivity index (χ3v) is 4.05. The summed E-state index contributed by atoms with van der Waals surface area (Å²) < 4.78 is 31.7. The van der Waals surface area contributed by atoms with Crippen LogP contribution in [-0.2, 0) is 16.6 Å². The molecule has 116 valence electrons. The summed E-state index contributed by atoms with van der Waals surface area (Å²) in [6.45, 7) is 5.01. The maximum Gasteiger partial charge on any atom is 0.273 e. The van der Waals surface area contributed by atoms with E-state index >= 15 is 0 Å². The Labute approximate surface area is 120 Å². The van der Waals surface area contributed by atoms with E-state index in [4.69, 9.17) is 9.52 Å². The van der Waals surface area contributed by atoms with Gasteiger partial charge in [-0.05, 0) is 31.4 Å². The van der Waals surface area contributed by atoms with Crippen molar-refractivity contribution in [2.45, 2.75) is 50.8 Å². The molecule has 7 heteroatoms. The molecule has 6 nitrogen and oxygen atoms in total. The molecule has 0 saturated carbocycles. The van der Waals surface area contributed by atoms with E-state index in [0.29, 0.717) is 37.7 Å². The van der Waals surface area contributed by atoms with Gasteiger partial charge < -0.3 is 14.8 Å². The zero-order valence-corrected chi connectivity index (χ0v) is 12.9. The summed E-state index contributed by atoms with van der Waals surface area (Å²) in [5.41, 5.74) is 0. The molecule has 0 saturated heterocycles. The second-order valence-electron chi connectivity index (χ2n) is 4.94. The average Bonchev–Trinajstić information content (AvgIpc) is 2.85. The van der Waals surface area contributed by atoms with Gasteiger partial charge in [0.05, 0.1) is 6.54 Å². The predicted molar refractivity (Wildman–Crippen MR) is 76.8 cm³/mol. The first-order valence-corrected chi connectivity index (χ1v) is 8.36. The standard InChI is InChI=1S/C13H24N2O4S/c1-11(2)14-10-12-6-7-13(19-12)20(17,18)15-8-4-3-5-9-16/h6-7,11,14-16H,3-5,8-10H2,1-2H3. The van der Waals surface area contributed by atoms with E-state index in [2.05, 4.69) is 10.0 Å². The molecule has 0 atom stereocenters. The van der Waals surface area contributed by atoms with Crippen molar-refractivity contribution in [1.29, 1.82) is 0 Å². The van der Waals surface area contributed by atoms with Gasteiger partial charge in [0.1, 0.15) is 5.76 Å². The molecule has 0 aliphatic heterocycles. The van der Waals surface area contributed by atoms with Crippen LogP contribution in [0.1, 0.15) is 38.9 Å². The molecule has 0 aliphatic carbocycles. The van der Waals surface area contributed by atoms with Crippen molar-refractivity contribution < 1.29 is 17.9 Å². The Balaban J connectivity index is 2.46. The van der Waals surface area contributed by atoms with E-state index in [0.717, 1.165) is 6.42 Å². The lowest BCUT2D eigenvalue weighted by Crippen LogP contribution is -2.24. The number of aliphatic hydroxyl groups is 1. The van der Waals surface area contributed by atoms with Crippen molar-refractivity contribution in [3.8, 4) is 0 Å². The average molecular weight is 304 g/mol. The SMILES string of the molecule is CC(C)NCc1ccc(S(=O)(=O)NCCCCCO)o1. The molecule has 0 spiro atoms. The van der Waals surface area contributed by atoms with Crippen LogP contribution in [0, 0.1) is 0 Å². The summed E-state index contributed by atoms with van der Waals surface area (Å²) in [5.74, 6) is 0.597. The highest BCUT2D eigenvalue weighted by Gasteiger charge is 2.18. The quantitative estimate of drug-likeness (QED) is 0.565. The van der Waals surface area contributed by atoms with Crippen molar-refractivity contribution in [3.63, 3.8) is 0 Å². The maximum atomic E-state index is 11.9. The fraction of sp³-hybridized carbons (Fsp3) is 0.692. The molecule has 0 radical (unpaired) electrons. The summed E-state index contributed by atoms with van der Waals surface area (Å²) in [6.07, 6.45) is 2.18. The number of sulfonamides is 1. The molecule has 0 unspecified atom stereocenters.